The van der Waals surface area contributed by atoms with Crippen LogP contribution in [0, 0.1) is 5.92 Å². The standard InChI is InChI=1S/C12H24N2O3/c1-10(2)11(9-17-3)14-6-4-13(5-7-14)8-12(15)16/h10-11H,4-9H2,1-3H3,(H,15,16). The molecule has 1 rings (SSSR count). The van der Waals surface area contributed by atoms with Crippen LogP contribution in [0.25, 0.3) is 0 Å². The Morgan fingerprint density at radius 2 is 1.88 bits per heavy atom. The first-order valence-corrected chi connectivity index (χ1v) is 6.21. The molecule has 0 bridgehead atoms. The van der Waals surface area contributed by atoms with Gasteiger partial charge in [-0.15, -0.1) is 0 Å². The third-order valence-electron chi connectivity index (χ3n) is 3.34. The first-order chi connectivity index (χ1) is 8.04. The van der Waals surface area contributed by atoms with E-state index in [4.69, 9.17) is 9.84 Å². The number of ether oxygens (including phenoxy) is 1. The van der Waals surface area contributed by atoms with Crippen molar-refractivity contribution in [2.24, 2.45) is 5.92 Å². The van der Waals surface area contributed by atoms with Crippen LogP contribution in [0.4, 0.5) is 0 Å². The highest BCUT2D eigenvalue weighted by atomic mass is 16.5. The molecule has 1 fully saturated rings. The minimum absolute atomic E-state index is 0.157. The molecule has 100 valence electrons. The van der Waals surface area contributed by atoms with Crippen molar-refractivity contribution in [3.05, 3.63) is 0 Å². The fourth-order valence-electron chi connectivity index (χ4n) is 2.33. The van der Waals surface area contributed by atoms with Crippen LogP contribution in [0.3, 0.4) is 0 Å². The molecule has 0 aromatic heterocycles. The minimum Gasteiger partial charge on any atom is -0.480 e. The number of carboxylic acids is 1. The van der Waals surface area contributed by atoms with Crippen LogP contribution in [-0.2, 0) is 9.53 Å². The van der Waals surface area contributed by atoms with Gasteiger partial charge in [0, 0.05) is 39.3 Å². The quantitative estimate of drug-likeness (QED) is 0.731. The van der Waals surface area contributed by atoms with E-state index in [1.54, 1.807) is 7.11 Å². The Hall–Kier alpha value is -0.650. The van der Waals surface area contributed by atoms with Crippen LogP contribution in [-0.4, -0.2) is 73.4 Å². The number of hydrogen-bond acceptors (Lipinski definition) is 4. The van der Waals surface area contributed by atoms with Gasteiger partial charge in [-0.1, -0.05) is 13.8 Å². The Kier molecular flexibility index (Phi) is 5.88. The molecular formula is C12H24N2O3. The van der Waals surface area contributed by atoms with Gasteiger partial charge in [0.05, 0.1) is 13.2 Å². The number of aliphatic carboxylic acids is 1. The lowest BCUT2D eigenvalue weighted by Crippen LogP contribution is -2.53. The second kappa shape index (κ2) is 6.93. The number of carboxylic acid groups (broad SMARTS) is 1. The summed E-state index contributed by atoms with van der Waals surface area (Å²) in [5, 5.41) is 8.74. The number of nitrogens with zero attached hydrogens (tertiary/aromatic N) is 2. The highest BCUT2D eigenvalue weighted by molar-refractivity contribution is 5.69. The largest absolute Gasteiger partial charge is 0.480 e. The van der Waals surface area contributed by atoms with E-state index in [0.717, 1.165) is 32.8 Å². The second-order valence-corrected chi connectivity index (χ2v) is 4.97. The molecule has 1 heterocycles. The van der Waals surface area contributed by atoms with Gasteiger partial charge in [-0.3, -0.25) is 14.6 Å². The lowest BCUT2D eigenvalue weighted by atomic mass is 10.0. The molecule has 1 atom stereocenters. The molecule has 1 unspecified atom stereocenters. The maximum atomic E-state index is 10.6. The Balaban J connectivity index is 2.41. The fourth-order valence-corrected chi connectivity index (χ4v) is 2.33. The molecule has 0 radical (unpaired) electrons. The molecule has 1 aliphatic heterocycles. The highest BCUT2D eigenvalue weighted by Gasteiger charge is 2.26. The summed E-state index contributed by atoms with van der Waals surface area (Å²) in [5.41, 5.74) is 0. The lowest BCUT2D eigenvalue weighted by Gasteiger charge is -2.40. The van der Waals surface area contributed by atoms with Crippen molar-refractivity contribution in [1.82, 2.24) is 9.80 Å². The average molecular weight is 244 g/mol. The third kappa shape index (κ3) is 4.61. The molecule has 0 spiro atoms. The molecule has 5 nitrogen and oxygen atoms in total. The topological polar surface area (TPSA) is 53.0 Å². The molecular weight excluding hydrogens is 220 g/mol. The number of carbonyl (C=O) groups is 1. The van der Waals surface area contributed by atoms with E-state index < -0.39 is 5.97 Å². The lowest BCUT2D eigenvalue weighted by molar-refractivity contribution is -0.138. The predicted molar refractivity (Wildman–Crippen MR) is 66.2 cm³/mol. The van der Waals surface area contributed by atoms with E-state index in [1.165, 1.54) is 0 Å². The Labute approximate surface area is 103 Å². The van der Waals surface area contributed by atoms with Crippen LogP contribution in [0.15, 0.2) is 0 Å². The molecule has 1 saturated heterocycles. The number of rotatable bonds is 6. The van der Waals surface area contributed by atoms with E-state index in [2.05, 4.69) is 18.7 Å². The van der Waals surface area contributed by atoms with Crippen molar-refractivity contribution < 1.29 is 14.6 Å². The second-order valence-electron chi connectivity index (χ2n) is 4.97. The van der Waals surface area contributed by atoms with Gasteiger partial charge in [0.1, 0.15) is 0 Å². The van der Waals surface area contributed by atoms with Gasteiger partial charge in [-0.25, -0.2) is 0 Å². The summed E-state index contributed by atoms with van der Waals surface area (Å²) in [7, 11) is 1.73. The molecule has 1 aliphatic rings. The van der Waals surface area contributed by atoms with Crippen molar-refractivity contribution in [3.63, 3.8) is 0 Å². The Morgan fingerprint density at radius 3 is 2.29 bits per heavy atom. The molecule has 1 N–H and O–H groups in total. The molecule has 5 heteroatoms. The Bertz CT molecular complexity index is 238. The maximum Gasteiger partial charge on any atom is 0.317 e. The van der Waals surface area contributed by atoms with E-state index >= 15 is 0 Å². The zero-order chi connectivity index (χ0) is 12.8. The highest BCUT2D eigenvalue weighted by Crippen LogP contribution is 2.14. The first kappa shape index (κ1) is 14.4. The van der Waals surface area contributed by atoms with Gasteiger partial charge < -0.3 is 9.84 Å². The smallest absolute Gasteiger partial charge is 0.317 e. The third-order valence-corrected chi connectivity index (χ3v) is 3.34. The molecule has 0 aromatic carbocycles. The fraction of sp³-hybridized carbons (Fsp3) is 0.917. The van der Waals surface area contributed by atoms with Crippen molar-refractivity contribution >= 4 is 5.97 Å². The normalized spacial score (nSPS) is 20.7. The van der Waals surface area contributed by atoms with Crippen molar-refractivity contribution in [2.75, 3.05) is 46.4 Å². The minimum atomic E-state index is -0.740. The van der Waals surface area contributed by atoms with Gasteiger partial charge in [0.25, 0.3) is 0 Å². The van der Waals surface area contributed by atoms with Gasteiger partial charge in [-0.05, 0) is 5.92 Å². The van der Waals surface area contributed by atoms with Gasteiger partial charge in [0.15, 0.2) is 0 Å². The molecule has 0 aliphatic carbocycles. The van der Waals surface area contributed by atoms with E-state index in [1.807, 2.05) is 4.90 Å². The monoisotopic (exact) mass is 244 g/mol. The van der Waals surface area contributed by atoms with E-state index in [0.29, 0.717) is 12.0 Å². The summed E-state index contributed by atoms with van der Waals surface area (Å²) < 4.78 is 5.26. The molecule has 0 amide bonds. The molecule has 0 aromatic rings. The number of methoxy groups -OCH3 is 1. The summed E-state index contributed by atoms with van der Waals surface area (Å²) in [6, 6.07) is 0.437. The molecule has 17 heavy (non-hydrogen) atoms. The van der Waals surface area contributed by atoms with Crippen LogP contribution in [0.1, 0.15) is 13.8 Å². The van der Waals surface area contributed by atoms with E-state index in [9.17, 15) is 4.79 Å². The summed E-state index contributed by atoms with van der Waals surface area (Å²) in [5.74, 6) is -0.184. The summed E-state index contributed by atoms with van der Waals surface area (Å²) >= 11 is 0. The summed E-state index contributed by atoms with van der Waals surface area (Å²) in [6.07, 6.45) is 0. The summed E-state index contributed by atoms with van der Waals surface area (Å²) in [6.45, 7) is 8.83. The average Bonchev–Trinajstić information content (AvgIpc) is 2.26. The van der Waals surface area contributed by atoms with Crippen molar-refractivity contribution in [2.45, 2.75) is 19.9 Å². The number of piperazine rings is 1. The predicted octanol–water partition coefficient (Wildman–Crippen LogP) is 0.360. The Morgan fingerprint density at radius 1 is 1.29 bits per heavy atom. The SMILES string of the molecule is COCC(C(C)C)N1CCN(CC(=O)O)CC1. The first-order valence-electron chi connectivity index (χ1n) is 6.21. The van der Waals surface area contributed by atoms with Crippen LogP contribution >= 0.6 is 0 Å². The van der Waals surface area contributed by atoms with Crippen LogP contribution in [0.5, 0.6) is 0 Å². The van der Waals surface area contributed by atoms with Gasteiger partial charge >= 0.3 is 5.97 Å². The van der Waals surface area contributed by atoms with Gasteiger partial charge in [0.2, 0.25) is 0 Å². The van der Waals surface area contributed by atoms with E-state index in [-0.39, 0.29) is 6.54 Å². The molecule has 0 saturated carbocycles. The number of hydrogen-bond donors (Lipinski definition) is 1. The van der Waals surface area contributed by atoms with Crippen molar-refractivity contribution in [3.8, 4) is 0 Å². The maximum absolute atomic E-state index is 10.6. The van der Waals surface area contributed by atoms with Gasteiger partial charge in [-0.2, -0.15) is 0 Å². The van der Waals surface area contributed by atoms with Crippen LogP contribution in [0.2, 0.25) is 0 Å². The summed E-state index contributed by atoms with van der Waals surface area (Å²) in [4.78, 5) is 15.0. The van der Waals surface area contributed by atoms with Crippen LogP contribution < -0.4 is 0 Å². The van der Waals surface area contributed by atoms with Crippen molar-refractivity contribution in [1.29, 1.82) is 0 Å². The zero-order valence-corrected chi connectivity index (χ0v) is 11.1. The zero-order valence-electron chi connectivity index (χ0n) is 11.1.